The van der Waals surface area contributed by atoms with Gasteiger partial charge in [0, 0.05) is 25.4 Å². The first kappa shape index (κ1) is 12.9. The van der Waals surface area contributed by atoms with Crippen molar-refractivity contribution in [2.75, 3.05) is 11.9 Å². The van der Waals surface area contributed by atoms with Crippen molar-refractivity contribution in [3.8, 4) is 0 Å². The van der Waals surface area contributed by atoms with E-state index in [-0.39, 0.29) is 11.4 Å². The molecule has 0 aliphatic heterocycles. The van der Waals surface area contributed by atoms with Gasteiger partial charge in [0.25, 0.3) is 5.69 Å². The summed E-state index contributed by atoms with van der Waals surface area (Å²) >= 11 is 0. The molecule has 19 heavy (non-hydrogen) atoms. The van der Waals surface area contributed by atoms with Crippen molar-refractivity contribution in [1.29, 1.82) is 0 Å². The molecule has 0 aliphatic carbocycles. The van der Waals surface area contributed by atoms with Crippen molar-refractivity contribution in [2.45, 2.75) is 13.0 Å². The summed E-state index contributed by atoms with van der Waals surface area (Å²) in [5, 5.41) is 20.8. The number of anilines is 1. The van der Waals surface area contributed by atoms with Crippen LogP contribution in [0.4, 0.5) is 15.8 Å². The Morgan fingerprint density at radius 1 is 1.47 bits per heavy atom. The molecule has 0 radical (unpaired) electrons. The second kappa shape index (κ2) is 5.89. The lowest BCUT2D eigenvalue weighted by molar-refractivity contribution is -0.385. The Morgan fingerprint density at radius 3 is 2.95 bits per heavy atom. The zero-order valence-corrected chi connectivity index (χ0v) is 9.99. The number of aromatic nitrogens is 3. The van der Waals surface area contributed by atoms with Crippen molar-refractivity contribution < 1.29 is 9.31 Å². The Bertz CT molecular complexity index is 558. The normalized spacial score (nSPS) is 10.4. The van der Waals surface area contributed by atoms with Gasteiger partial charge in [0.15, 0.2) is 5.82 Å². The molecule has 2 aromatic rings. The SMILES string of the molecule is O=[N+]([O-])c1ccc(NCCCn2ccnn2)c(F)c1. The van der Waals surface area contributed by atoms with Crippen molar-refractivity contribution in [3.63, 3.8) is 0 Å². The van der Waals surface area contributed by atoms with E-state index in [9.17, 15) is 14.5 Å². The van der Waals surface area contributed by atoms with Crippen LogP contribution in [0, 0.1) is 15.9 Å². The van der Waals surface area contributed by atoms with E-state index in [0.29, 0.717) is 13.1 Å². The van der Waals surface area contributed by atoms with Crippen molar-refractivity contribution >= 4 is 11.4 Å². The van der Waals surface area contributed by atoms with Gasteiger partial charge in [0.1, 0.15) is 0 Å². The molecule has 1 heterocycles. The summed E-state index contributed by atoms with van der Waals surface area (Å²) in [6.07, 6.45) is 4.07. The van der Waals surface area contributed by atoms with Gasteiger partial charge < -0.3 is 5.32 Å². The first-order valence-corrected chi connectivity index (χ1v) is 5.69. The molecule has 100 valence electrons. The highest BCUT2D eigenvalue weighted by molar-refractivity contribution is 5.49. The molecule has 0 saturated carbocycles. The molecule has 0 amide bonds. The van der Waals surface area contributed by atoms with Crippen molar-refractivity contribution in [3.05, 3.63) is 46.5 Å². The zero-order chi connectivity index (χ0) is 13.7. The Balaban J connectivity index is 1.84. The number of nitro benzene ring substituents is 1. The van der Waals surface area contributed by atoms with Crippen molar-refractivity contribution in [1.82, 2.24) is 15.0 Å². The highest BCUT2D eigenvalue weighted by Crippen LogP contribution is 2.20. The van der Waals surface area contributed by atoms with Gasteiger partial charge in [-0.1, -0.05) is 5.21 Å². The number of nitrogens with one attached hydrogen (secondary N) is 1. The third kappa shape index (κ3) is 3.47. The van der Waals surface area contributed by atoms with Gasteiger partial charge in [-0.15, -0.1) is 5.10 Å². The molecule has 1 N–H and O–H groups in total. The lowest BCUT2D eigenvalue weighted by Gasteiger charge is -2.07. The molecule has 1 aromatic heterocycles. The maximum atomic E-state index is 13.5. The van der Waals surface area contributed by atoms with Crippen molar-refractivity contribution in [2.24, 2.45) is 0 Å². The van der Waals surface area contributed by atoms with E-state index in [4.69, 9.17) is 0 Å². The summed E-state index contributed by atoms with van der Waals surface area (Å²) < 4.78 is 15.2. The van der Waals surface area contributed by atoms with Crippen LogP contribution in [0.5, 0.6) is 0 Å². The predicted octanol–water partition coefficient (Wildman–Crippen LogP) is 1.83. The van der Waals surface area contributed by atoms with Gasteiger partial charge >= 0.3 is 0 Å². The number of non-ortho nitro benzene ring substituents is 1. The summed E-state index contributed by atoms with van der Waals surface area (Å²) in [6.45, 7) is 1.20. The molecule has 8 heteroatoms. The number of benzene rings is 1. The van der Waals surface area contributed by atoms with E-state index in [1.807, 2.05) is 0 Å². The number of halogens is 1. The number of hydrogen-bond acceptors (Lipinski definition) is 5. The fourth-order valence-electron chi connectivity index (χ4n) is 1.58. The molecule has 0 aliphatic rings. The summed E-state index contributed by atoms with van der Waals surface area (Å²) in [7, 11) is 0. The predicted molar refractivity (Wildman–Crippen MR) is 66.2 cm³/mol. The molecule has 7 nitrogen and oxygen atoms in total. The molecule has 1 aromatic carbocycles. The van der Waals surface area contributed by atoms with E-state index in [2.05, 4.69) is 15.6 Å². The Hall–Kier alpha value is -2.51. The minimum atomic E-state index is -0.630. The maximum absolute atomic E-state index is 13.5. The van der Waals surface area contributed by atoms with Gasteiger partial charge in [-0.2, -0.15) is 0 Å². The summed E-state index contributed by atoms with van der Waals surface area (Å²) in [4.78, 5) is 9.83. The van der Waals surface area contributed by atoms with Gasteiger partial charge in [-0.05, 0) is 12.5 Å². The number of rotatable bonds is 6. The average Bonchev–Trinajstić information content (AvgIpc) is 2.89. The Morgan fingerprint density at radius 2 is 2.32 bits per heavy atom. The van der Waals surface area contributed by atoms with E-state index in [1.165, 1.54) is 12.1 Å². The number of nitrogens with zero attached hydrogens (tertiary/aromatic N) is 4. The van der Waals surface area contributed by atoms with Crippen LogP contribution >= 0.6 is 0 Å². The van der Waals surface area contributed by atoms with E-state index in [0.717, 1.165) is 12.5 Å². The quantitative estimate of drug-likeness (QED) is 0.489. The molecule has 0 unspecified atom stereocenters. The van der Waals surface area contributed by atoms with Crippen LogP contribution in [0.3, 0.4) is 0 Å². The number of nitro groups is 1. The second-order valence-electron chi connectivity index (χ2n) is 3.87. The lowest BCUT2D eigenvalue weighted by atomic mass is 10.2. The third-order valence-corrected chi connectivity index (χ3v) is 2.51. The Labute approximate surface area is 108 Å². The van der Waals surface area contributed by atoms with Gasteiger partial charge in [0.05, 0.1) is 22.9 Å². The standard InChI is InChI=1S/C11H12FN5O2/c12-10-8-9(17(18)19)2-3-11(10)13-4-1-6-16-7-5-14-15-16/h2-3,5,7-8,13H,1,4,6H2. The number of hydrogen-bond donors (Lipinski definition) is 1. The van der Waals surface area contributed by atoms with E-state index in [1.54, 1.807) is 17.1 Å². The summed E-state index contributed by atoms with van der Waals surface area (Å²) in [6, 6.07) is 3.53. The lowest BCUT2D eigenvalue weighted by Crippen LogP contribution is -2.08. The first-order chi connectivity index (χ1) is 9.16. The minimum Gasteiger partial charge on any atom is -0.383 e. The number of aryl methyl sites for hydroxylation is 1. The highest BCUT2D eigenvalue weighted by atomic mass is 19.1. The zero-order valence-electron chi connectivity index (χ0n) is 9.99. The summed E-state index contributed by atoms with van der Waals surface area (Å²) in [5.41, 5.74) is -0.00476. The molecule has 0 spiro atoms. The summed E-state index contributed by atoms with van der Waals surface area (Å²) in [5.74, 6) is -0.630. The molecule has 0 atom stereocenters. The monoisotopic (exact) mass is 265 g/mol. The van der Waals surface area contributed by atoms with Crippen LogP contribution < -0.4 is 5.32 Å². The first-order valence-electron chi connectivity index (χ1n) is 5.69. The molecule has 2 rings (SSSR count). The van der Waals surface area contributed by atoms with Crippen LogP contribution in [0.15, 0.2) is 30.6 Å². The molecule has 0 fully saturated rings. The Kier molecular flexibility index (Phi) is 4.01. The highest BCUT2D eigenvalue weighted by Gasteiger charge is 2.09. The van der Waals surface area contributed by atoms with Crippen LogP contribution in [0.1, 0.15) is 6.42 Å². The molecule has 0 bridgehead atoms. The average molecular weight is 265 g/mol. The minimum absolute atomic E-state index is 0.254. The fourth-order valence-corrected chi connectivity index (χ4v) is 1.58. The molecular weight excluding hydrogens is 253 g/mol. The topological polar surface area (TPSA) is 85.9 Å². The third-order valence-electron chi connectivity index (χ3n) is 2.51. The van der Waals surface area contributed by atoms with E-state index >= 15 is 0 Å². The maximum Gasteiger partial charge on any atom is 0.272 e. The van der Waals surface area contributed by atoms with E-state index < -0.39 is 10.7 Å². The van der Waals surface area contributed by atoms with Crippen LogP contribution in [0.25, 0.3) is 0 Å². The van der Waals surface area contributed by atoms with Gasteiger partial charge in [-0.3, -0.25) is 14.8 Å². The van der Waals surface area contributed by atoms with Crippen LogP contribution in [0.2, 0.25) is 0 Å². The van der Waals surface area contributed by atoms with Crippen LogP contribution in [-0.4, -0.2) is 26.5 Å². The van der Waals surface area contributed by atoms with Gasteiger partial charge in [-0.25, -0.2) is 4.39 Å². The van der Waals surface area contributed by atoms with Gasteiger partial charge in [0.2, 0.25) is 0 Å². The fraction of sp³-hybridized carbons (Fsp3) is 0.273. The van der Waals surface area contributed by atoms with Crippen LogP contribution in [-0.2, 0) is 6.54 Å². The smallest absolute Gasteiger partial charge is 0.272 e. The second-order valence-corrected chi connectivity index (χ2v) is 3.87. The largest absolute Gasteiger partial charge is 0.383 e. The molecule has 0 saturated heterocycles. The molecular formula is C11H12FN5O2.